The Morgan fingerprint density at radius 3 is 2.86 bits per heavy atom. The van der Waals surface area contributed by atoms with Crippen LogP contribution in [0.5, 0.6) is 11.8 Å². The maximum absolute atomic E-state index is 13.3. The van der Waals surface area contributed by atoms with Gasteiger partial charge in [-0.25, -0.2) is 37.6 Å². The molecule has 186 valence electrons. The fraction of sp³-hybridized carbons (Fsp3) is 0.333. The summed E-state index contributed by atoms with van der Waals surface area (Å²) in [5.41, 5.74) is -0.000140. The van der Waals surface area contributed by atoms with E-state index in [9.17, 15) is 17.8 Å². The van der Waals surface area contributed by atoms with Crippen molar-refractivity contribution >= 4 is 21.8 Å². The number of pyridine rings is 2. The van der Waals surface area contributed by atoms with Crippen LogP contribution in [0.4, 0.5) is 19.4 Å². The van der Waals surface area contributed by atoms with Gasteiger partial charge in [-0.2, -0.15) is 5.10 Å². The molecule has 0 aliphatic carbocycles. The highest BCUT2D eigenvalue weighted by molar-refractivity contribution is 7.91. The number of anilines is 1. The minimum atomic E-state index is -3.78. The molecule has 3 N–H and O–H groups in total. The molecular weight excluding hydrogens is 484 g/mol. The lowest BCUT2D eigenvalue weighted by molar-refractivity contribution is 0.0972. The number of fused-ring (bicyclic) bond motifs is 1. The molecule has 0 saturated carbocycles. The van der Waals surface area contributed by atoms with Gasteiger partial charge in [-0.05, 0) is 23.8 Å². The number of amides is 2. The lowest BCUT2D eigenvalue weighted by Crippen LogP contribution is -2.33. The molecule has 1 atom stereocenters. The molecule has 14 heteroatoms. The number of carbonyl (C=O) groups excluding carboxylic acids is 1. The molecular formula is C21H23F2N7O4S. The Kier molecular flexibility index (Phi) is 6.42. The average molecular weight is 508 g/mol. The van der Waals surface area contributed by atoms with Crippen LogP contribution in [0.25, 0.3) is 11.1 Å². The Hall–Kier alpha value is -3.65. The number of hydrogen-bond donors (Lipinski definition) is 2. The van der Waals surface area contributed by atoms with Gasteiger partial charge in [0.15, 0.2) is 9.92 Å². The van der Waals surface area contributed by atoms with E-state index in [0.29, 0.717) is 18.7 Å². The number of halogens is 2. The molecule has 1 aliphatic rings. The van der Waals surface area contributed by atoms with Gasteiger partial charge >= 0.3 is 6.03 Å². The van der Waals surface area contributed by atoms with E-state index in [4.69, 9.17) is 14.6 Å². The highest BCUT2D eigenvalue weighted by Gasteiger charge is 2.32. The first-order valence-electron chi connectivity index (χ1n) is 10.3. The second kappa shape index (κ2) is 9.19. The Labute approximate surface area is 200 Å². The van der Waals surface area contributed by atoms with Crippen molar-refractivity contribution in [1.82, 2.24) is 19.7 Å². The van der Waals surface area contributed by atoms with Crippen molar-refractivity contribution in [2.75, 3.05) is 19.0 Å². The Bertz CT molecular complexity index is 1400. The normalized spacial score (nSPS) is 16.1. The first-order chi connectivity index (χ1) is 16.5. The van der Waals surface area contributed by atoms with Crippen molar-refractivity contribution in [2.45, 2.75) is 31.7 Å². The van der Waals surface area contributed by atoms with Crippen molar-refractivity contribution in [2.24, 2.45) is 14.9 Å². The van der Waals surface area contributed by atoms with E-state index in [1.165, 1.54) is 36.3 Å². The number of nitrogens with zero attached hydrogens (tertiary/aromatic N) is 5. The summed E-state index contributed by atoms with van der Waals surface area (Å²) >= 11 is 0. The average Bonchev–Trinajstić information content (AvgIpc) is 3.21. The second-order valence-corrected chi connectivity index (χ2v) is 10.3. The van der Waals surface area contributed by atoms with Crippen LogP contribution in [0, 0.1) is 5.41 Å². The molecule has 4 rings (SSSR count). The molecule has 11 nitrogen and oxygen atoms in total. The Balaban J connectivity index is 1.68. The van der Waals surface area contributed by atoms with Crippen molar-refractivity contribution < 1.29 is 27.3 Å². The van der Waals surface area contributed by atoms with Gasteiger partial charge in [0.1, 0.15) is 16.4 Å². The summed E-state index contributed by atoms with van der Waals surface area (Å²) in [5.74, 6) is 0.201. The predicted octanol–water partition coefficient (Wildman–Crippen LogP) is 3.64. The van der Waals surface area contributed by atoms with Crippen LogP contribution in [0.2, 0.25) is 0 Å². The summed E-state index contributed by atoms with van der Waals surface area (Å²) in [6.07, 6.45) is -0.203. The lowest BCUT2D eigenvalue weighted by Gasteiger charge is -2.30. The number of nitrogens with one attached hydrogen (secondary N) is 1. The third-order valence-corrected chi connectivity index (χ3v) is 6.44. The topological polar surface area (TPSA) is 147 Å². The van der Waals surface area contributed by atoms with Crippen LogP contribution < -0.4 is 19.9 Å². The van der Waals surface area contributed by atoms with Gasteiger partial charge in [0.2, 0.25) is 11.8 Å². The summed E-state index contributed by atoms with van der Waals surface area (Å²) in [4.78, 5) is 20.5. The number of alkyl halides is 2. The number of carbonyl (C=O) groups is 1. The number of aromatic nitrogens is 4. The molecule has 1 aliphatic heterocycles. The van der Waals surface area contributed by atoms with E-state index < -0.39 is 28.1 Å². The van der Waals surface area contributed by atoms with Crippen molar-refractivity contribution in [3.8, 4) is 22.9 Å². The fourth-order valence-electron chi connectivity index (χ4n) is 3.44. The van der Waals surface area contributed by atoms with Crippen molar-refractivity contribution in [3.63, 3.8) is 0 Å². The van der Waals surface area contributed by atoms with Gasteiger partial charge in [0.05, 0.1) is 26.5 Å². The Morgan fingerprint density at radius 2 is 2.14 bits per heavy atom. The lowest BCUT2D eigenvalue weighted by atomic mass is 9.94. The SMILES string of the molecule is COc1cc(-c2ccc(C(F)F)nc2NC(=O)N=[S@@](N)(=O)c2cnn3c2OCC(C)(C)C3)ccn1. The molecule has 0 spiro atoms. The molecule has 3 aromatic heterocycles. The quantitative estimate of drug-likeness (QED) is 0.536. The van der Waals surface area contributed by atoms with E-state index in [2.05, 4.69) is 24.7 Å². The van der Waals surface area contributed by atoms with Gasteiger partial charge in [-0.15, -0.1) is 4.36 Å². The van der Waals surface area contributed by atoms with Crippen LogP contribution in [0.15, 0.2) is 45.9 Å². The van der Waals surface area contributed by atoms with Crippen LogP contribution in [-0.2, 0) is 16.5 Å². The van der Waals surface area contributed by atoms with Gasteiger partial charge < -0.3 is 9.47 Å². The van der Waals surface area contributed by atoms with Crippen molar-refractivity contribution in [3.05, 3.63) is 42.4 Å². The van der Waals surface area contributed by atoms with Crippen LogP contribution in [0.1, 0.15) is 26.0 Å². The summed E-state index contributed by atoms with van der Waals surface area (Å²) in [6, 6.07) is 4.47. The zero-order chi connectivity index (χ0) is 25.4. The number of rotatable bonds is 5. The summed E-state index contributed by atoms with van der Waals surface area (Å²) in [6.45, 7) is 4.78. The molecule has 0 bridgehead atoms. The predicted molar refractivity (Wildman–Crippen MR) is 123 cm³/mol. The molecule has 3 aromatic rings. The van der Waals surface area contributed by atoms with E-state index in [1.807, 2.05) is 13.8 Å². The Morgan fingerprint density at radius 1 is 1.37 bits per heavy atom. The smallest absolute Gasteiger partial charge is 0.356 e. The minimum absolute atomic E-state index is 0.0449. The van der Waals surface area contributed by atoms with E-state index in [1.54, 1.807) is 6.07 Å². The van der Waals surface area contributed by atoms with E-state index >= 15 is 0 Å². The van der Waals surface area contributed by atoms with Crippen molar-refractivity contribution in [1.29, 1.82) is 0 Å². The standard InChI is InChI=1S/C21H23F2N7O4S/c1-21(2)10-30-19(34-11-21)15(9-26-30)35(24,32)29-20(31)28-18-13(4-5-14(27-18)17(22)23)12-6-7-25-16(8-12)33-3/h4-9,17H,10-11H2,1-3H3,(H3,24,27,28,29,31,32)/t35-/m1/s1. The second-order valence-electron chi connectivity index (χ2n) is 8.53. The maximum atomic E-state index is 13.3. The number of hydrogen-bond acceptors (Lipinski definition) is 7. The highest BCUT2D eigenvalue weighted by Crippen LogP contribution is 2.34. The molecule has 0 unspecified atom stereocenters. The molecule has 4 heterocycles. The number of urea groups is 1. The van der Waals surface area contributed by atoms with E-state index in [-0.39, 0.29) is 33.5 Å². The molecule has 0 fully saturated rings. The maximum Gasteiger partial charge on any atom is 0.356 e. The van der Waals surface area contributed by atoms with Crippen LogP contribution in [-0.4, -0.2) is 43.7 Å². The fourth-order valence-corrected chi connectivity index (χ4v) is 4.44. The number of ether oxygens (including phenoxy) is 2. The molecule has 0 radical (unpaired) electrons. The zero-order valence-corrected chi connectivity index (χ0v) is 19.9. The number of nitrogens with two attached hydrogens (primary N) is 1. The largest absolute Gasteiger partial charge is 0.481 e. The molecule has 35 heavy (non-hydrogen) atoms. The monoisotopic (exact) mass is 507 g/mol. The van der Waals surface area contributed by atoms with Gasteiger partial charge in [-0.3, -0.25) is 5.32 Å². The van der Waals surface area contributed by atoms with Gasteiger partial charge in [0, 0.05) is 23.2 Å². The summed E-state index contributed by atoms with van der Waals surface area (Å²) < 4.78 is 55.6. The third kappa shape index (κ3) is 5.22. The number of methoxy groups -OCH3 is 1. The zero-order valence-electron chi connectivity index (χ0n) is 19.1. The van der Waals surface area contributed by atoms with E-state index in [0.717, 1.165) is 6.07 Å². The minimum Gasteiger partial charge on any atom is -0.481 e. The highest BCUT2D eigenvalue weighted by atomic mass is 32.2. The first kappa shape index (κ1) is 24.5. The van der Waals surface area contributed by atoms with Crippen LogP contribution in [0.3, 0.4) is 0 Å². The summed E-state index contributed by atoms with van der Waals surface area (Å²) in [5, 5.41) is 12.3. The molecule has 0 aromatic carbocycles. The molecule has 0 saturated heterocycles. The van der Waals surface area contributed by atoms with Gasteiger partial charge in [-0.1, -0.05) is 13.8 Å². The summed E-state index contributed by atoms with van der Waals surface area (Å²) in [7, 11) is -2.36. The van der Waals surface area contributed by atoms with Crippen LogP contribution >= 0.6 is 0 Å². The first-order valence-corrected chi connectivity index (χ1v) is 11.9. The third-order valence-electron chi connectivity index (χ3n) is 5.09. The van der Waals surface area contributed by atoms with Gasteiger partial charge in [0.25, 0.3) is 6.43 Å². The molecule has 2 amide bonds.